The quantitative estimate of drug-likeness (QED) is 0.785. The molecule has 0 aromatic heterocycles. The molecule has 1 unspecified atom stereocenters. The highest BCUT2D eigenvalue weighted by Crippen LogP contribution is 2.36. The molecule has 0 heterocycles. The minimum absolute atomic E-state index is 0.232. The first-order valence-corrected chi connectivity index (χ1v) is 8.81. The molecule has 0 aliphatic rings. The van der Waals surface area contributed by atoms with E-state index in [2.05, 4.69) is 0 Å². The van der Waals surface area contributed by atoms with E-state index in [4.69, 9.17) is 27.9 Å². The number of hydrogen-bond donors (Lipinski definition) is 0. The van der Waals surface area contributed by atoms with E-state index in [1.54, 1.807) is 43.5 Å². The largest absolute Gasteiger partial charge is 0.497 e. The molecule has 0 N–H and O–H groups in total. The number of rotatable bonds is 4. The second kappa shape index (κ2) is 6.26. The fraction of sp³-hybridized carbons (Fsp3) is 0.200. The van der Waals surface area contributed by atoms with Crippen molar-refractivity contribution in [1.82, 2.24) is 0 Å². The molecule has 6 heteroatoms. The number of alkyl halides is 1. The zero-order chi connectivity index (χ0) is 15.6. The first kappa shape index (κ1) is 16.1. The van der Waals surface area contributed by atoms with Gasteiger partial charge in [0.25, 0.3) is 0 Å². The normalized spacial score (nSPS) is 13.0. The van der Waals surface area contributed by atoms with Crippen LogP contribution in [-0.4, -0.2) is 21.8 Å². The lowest BCUT2D eigenvalue weighted by Crippen LogP contribution is -2.00. The Morgan fingerprint density at radius 1 is 1.14 bits per heavy atom. The lowest BCUT2D eigenvalue weighted by molar-refractivity contribution is 0.414. The van der Waals surface area contributed by atoms with Gasteiger partial charge in [-0.25, -0.2) is 8.42 Å². The number of ether oxygens (including phenoxy) is 1. The van der Waals surface area contributed by atoms with Crippen molar-refractivity contribution >= 4 is 33.0 Å². The smallest absolute Gasteiger partial charge is 0.175 e. The first-order valence-electron chi connectivity index (χ1n) is 6.10. The van der Waals surface area contributed by atoms with Gasteiger partial charge in [0.05, 0.1) is 17.4 Å². The number of hydrogen-bond acceptors (Lipinski definition) is 3. The van der Waals surface area contributed by atoms with Crippen LogP contribution in [0.2, 0.25) is 5.02 Å². The van der Waals surface area contributed by atoms with E-state index in [1.165, 1.54) is 6.07 Å². The van der Waals surface area contributed by atoms with Crippen LogP contribution < -0.4 is 4.74 Å². The molecule has 21 heavy (non-hydrogen) atoms. The van der Waals surface area contributed by atoms with E-state index >= 15 is 0 Å². The lowest BCUT2D eigenvalue weighted by atomic mass is 10.0. The molecule has 3 nitrogen and oxygen atoms in total. The third-order valence-electron chi connectivity index (χ3n) is 3.06. The van der Waals surface area contributed by atoms with E-state index in [9.17, 15) is 8.42 Å². The summed E-state index contributed by atoms with van der Waals surface area (Å²) in [6.07, 6.45) is 1.16. The van der Waals surface area contributed by atoms with Crippen LogP contribution in [0.15, 0.2) is 47.4 Å². The zero-order valence-corrected chi connectivity index (χ0v) is 13.8. The van der Waals surface area contributed by atoms with Crippen molar-refractivity contribution in [2.45, 2.75) is 10.3 Å². The summed E-state index contributed by atoms with van der Waals surface area (Å²) in [5.41, 5.74) is 1.37. The predicted octanol–water partition coefficient (Wildman–Crippen LogP) is 4.08. The Morgan fingerprint density at radius 2 is 1.86 bits per heavy atom. The van der Waals surface area contributed by atoms with Gasteiger partial charge in [-0.15, -0.1) is 11.6 Å². The molecule has 0 bridgehead atoms. The van der Waals surface area contributed by atoms with Crippen molar-refractivity contribution in [2.24, 2.45) is 0 Å². The van der Waals surface area contributed by atoms with E-state index < -0.39 is 15.2 Å². The Hall–Kier alpha value is -1.23. The van der Waals surface area contributed by atoms with Crippen LogP contribution in [0, 0.1) is 0 Å². The van der Waals surface area contributed by atoms with Crippen molar-refractivity contribution in [3.63, 3.8) is 0 Å². The molecule has 2 aromatic carbocycles. The Morgan fingerprint density at radius 3 is 2.43 bits per heavy atom. The molecule has 0 spiro atoms. The molecule has 112 valence electrons. The van der Waals surface area contributed by atoms with E-state index in [1.807, 2.05) is 0 Å². The van der Waals surface area contributed by atoms with Crippen molar-refractivity contribution in [1.29, 1.82) is 0 Å². The number of benzene rings is 2. The summed E-state index contributed by atoms with van der Waals surface area (Å²) >= 11 is 12.6. The van der Waals surface area contributed by atoms with Crippen molar-refractivity contribution in [3.05, 3.63) is 58.6 Å². The van der Waals surface area contributed by atoms with Crippen LogP contribution in [0.3, 0.4) is 0 Å². The molecule has 0 fully saturated rings. The first-order chi connectivity index (χ1) is 9.82. The second-order valence-corrected chi connectivity index (χ2v) is 7.45. The maximum atomic E-state index is 11.6. The lowest BCUT2D eigenvalue weighted by Gasteiger charge is -2.14. The Balaban J connectivity index is 2.43. The molecule has 0 saturated carbocycles. The van der Waals surface area contributed by atoms with Gasteiger partial charge in [0, 0.05) is 11.3 Å². The summed E-state index contributed by atoms with van der Waals surface area (Å²) in [6, 6.07) is 11.7. The van der Waals surface area contributed by atoms with Crippen LogP contribution >= 0.6 is 23.2 Å². The predicted molar refractivity (Wildman–Crippen MR) is 85.3 cm³/mol. The standard InChI is InChI=1S/C15H14Cl2O3S/c1-20-11-6-7-13(14(16)9-11)15(17)10-4-3-5-12(8-10)21(2,18)19/h3-9,15H,1-2H3. The van der Waals surface area contributed by atoms with Crippen LogP contribution in [0.5, 0.6) is 5.75 Å². The summed E-state index contributed by atoms with van der Waals surface area (Å²) in [7, 11) is -1.72. The third kappa shape index (κ3) is 3.70. The third-order valence-corrected chi connectivity index (χ3v) is 4.98. The molecule has 0 amide bonds. The van der Waals surface area contributed by atoms with Crippen LogP contribution in [0.1, 0.15) is 16.5 Å². The van der Waals surface area contributed by atoms with Crippen molar-refractivity contribution in [3.8, 4) is 5.75 Å². The highest BCUT2D eigenvalue weighted by atomic mass is 35.5. The summed E-state index contributed by atoms with van der Waals surface area (Å²) in [5.74, 6) is 0.637. The highest BCUT2D eigenvalue weighted by molar-refractivity contribution is 7.90. The van der Waals surface area contributed by atoms with Gasteiger partial charge in [-0.2, -0.15) is 0 Å². The van der Waals surface area contributed by atoms with Gasteiger partial charge in [0.15, 0.2) is 9.84 Å². The molecule has 1 atom stereocenters. The molecule has 0 aliphatic heterocycles. The minimum atomic E-state index is -3.27. The van der Waals surface area contributed by atoms with Gasteiger partial charge in [-0.05, 0) is 35.4 Å². The van der Waals surface area contributed by atoms with Crippen molar-refractivity contribution in [2.75, 3.05) is 13.4 Å². The van der Waals surface area contributed by atoms with Gasteiger partial charge in [-0.3, -0.25) is 0 Å². The Kier molecular flexibility index (Phi) is 4.81. The van der Waals surface area contributed by atoms with Gasteiger partial charge < -0.3 is 4.74 Å². The fourth-order valence-electron chi connectivity index (χ4n) is 1.92. The number of methoxy groups -OCH3 is 1. The summed E-state index contributed by atoms with van der Waals surface area (Å²) in [5, 5.41) is -0.0655. The maximum absolute atomic E-state index is 11.6. The molecule has 0 aliphatic carbocycles. The summed E-state index contributed by atoms with van der Waals surface area (Å²) < 4.78 is 28.3. The molecule has 2 aromatic rings. The van der Waals surface area contributed by atoms with Gasteiger partial charge in [-0.1, -0.05) is 29.8 Å². The zero-order valence-electron chi connectivity index (χ0n) is 11.5. The number of halogens is 2. The average molecular weight is 345 g/mol. The van der Waals surface area contributed by atoms with Gasteiger partial charge in [0.2, 0.25) is 0 Å². The summed E-state index contributed by atoms with van der Waals surface area (Å²) in [6.45, 7) is 0. The molecule has 0 saturated heterocycles. The Bertz CT molecular complexity index is 757. The molecular weight excluding hydrogens is 331 g/mol. The fourth-order valence-corrected chi connectivity index (χ4v) is 3.26. The minimum Gasteiger partial charge on any atom is -0.497 e. The van der Waals surface area contributed by atoms with E-state index in [-0.39, 0.29) is 4.90 Å². The van der Waals surface area contributed by atoms with Crippen LogP contribution in [-0.2, 0) is 9.84 Å². The van der Waals surface area contributed by atoms with Crippen LogP contribution in [0.4, 0.5) is 0 Å². The molecule has 0 radical (unpaired) electrons. The maximum Gasteiger partial charge on any atom is 0.175 e. The van der Waals surface area contributed by atoms with E-state index in [0.29, 0.717) is 21.9 Å². The topological polar surface area (TPSA) is 43.4 Å². The second-order valence-electron chi connectivity index (χ2n) is 4.59. The van der Waals surface area contributed by atoms with Crippen molar-refractivity contribution < 1.29 is 13.2 Å². The summed E-state index contributed by atoms with van der Waals surface area (Å²) in [4.78, 5) is 0.232. The SMILES string of the molecule is COc1ccc(C(Cl)c2cccc(S(C)(=O)=O)c2)c(Cl)c1. The van der Waals surface area contributed by atoms with E-state index in [0.717, 1.165) is 6.26 Å². The number of sulfone groups is 1. The van der Waals surface area contributed by atoms with Gasteiger partial charge in [0.1, 0.15) is 5.75 Å². The monoisotopic (exact) mass is 344 g/mol. The van der Waals surface area contributed by atoms with Crippen LogP contribution in [0.25, 0.3) is 0 Å². The van der Waals surface area contributed by atoms with Gasteiger partial charge >= 0.3 is 0 Å². The molecule has 2 rings (SSSR count). The average Bonchev–Trinajstić information content (AvgIpc) is 2.45. The molecular formula is C15H14Cl2O3S. The highest BCUT2D eigenvalue weighted by Gasteiger charge is 2.17. The Labute approximate surface area is 134 Å².